The van der Waals surface area contributed by atoms with Crippen molar-refractivity contribution in [3.63, 3.8) is 0 Å². The number of aryl methyl sites for hydroxylation is 1. The van der Waals surface area contributed by atoms with Gasteiger partial charge in [-0.3, -0.25) is 0 Å². The highest BCUT2D eigenvalue weighted by atomic mass is 35.5. The Labute approximate surface area is 119 Å². The molecule has 1 aromatic rings. The lowest BCUT2D eigenvalue weighted by Gasteiger charge is -2.22. The molecule has 106 valence electrons. The van der Waals surface area contributed by atoms with E-state index in [2.05, 4.69) is 30.8 Å². The summed E-state index contributed by atoms with van der Waals surface area (Å²) in [6.07, 6.45) is 0.993. The van der Waals surface area contributed by atoms with Crippen LogP contribution in [0.25, 0.3) is 0 Å². The third-order valence-corrected chi connectivity index (χ3v) is 6.10. The Morgan fingerprint density at radius 3 is 1.83 bits per heavy atom. The Bertz CT molecular complexity index is 310. The van der Waals surface area contributed by atoms with Crippen molar-refractivity contribution in [2.24, 2.45) is 0 Å². The van der Waals surface area contributed by atoms with Crippen molar-refractivity contribution in [1.29, 1.82) is 0 Å². The molecule has 1 rings (SSSR count). The average Bonchev–Trinajstić information content (AvgIpc) is 2.36. The number of halogens is 1. The SMILES string of the molecule is C.C.CO[Si](C)(CCc1ccc(CCl)cc1)OC. The zero-order chi connectivity index (χ0) is 12.0. The lowest BCUT2D eigenvalue weighted by atomic mass is 10.1. The number of benzene rings is 1. The van der Waals surface area contributed by atoms with Crippen molar-refractivity contribution in [2.75, 3.05) is 14.2 Å². The first kappa shape index (κ1) is 20.0. The summed E-state index contributed by atoms with van der Waals surface area (Å²) in [4.78, 5) is 0. The van der Waals surface area contributed by atoms with Gasteiger partial charge >= 0.3 is 8.56 Å². The first-order valence-corrected chi connectivity index (χ1v) is 8.43. The monoisotopic (exact) mass is 290 g/mol. The first-order chi connectivity index (χ1) is 7.63. The molecule has 0 amide bonds. The van der Waals surface area contributed by atoms with Crippen LogP contribution in [-0.4, -0.2) is 22.8 Å². The Balaban J connectivity index is 0. The van der Waals surface area contributed by atoms with Crippen LogP contribution < -0.4 is 0 Å². The Hall–Kier alpha value is -0.353. The van der Waals surface area contributed by atoms with E-state index >= 15 is 0 Å². The van der Waals surface area contributed by atoms with Crippen molar-refractivity contribution in [3.8, 4) is 0 Å². The smallest absolute Gasteiger partial charge is 0.334 e. The third kappa shape index (κ3) is 6.00. The van der Waals surface area contributed by atoms with Crippen LogP contribution in [-0.2, 0) is 21.2 Å². The minimum atomic E-state index is -1.93. The Morgan fingerprint density at radius 1 is 1.00 bits per heavy atom. The molecular weight excluding hydrogens is 264 g/mol. The fraction of sp³-hybridized carbons (Fsp3) is 0.571. The normalized spacial score (nSPS) is 10.4. The summed E-state index contributed by atoms with van der Waals surface area (Å²) < 4.78 is 10.9. The van der Waals surface area contributed by atoms with E-state index in [0.717, 1.165) is 18.0 Å². The summed E-state index contributed by atoms with van der Waals surface area (Å²) in [6, 6.07) is 9.36. The maximum absolute atomic E-state index is 5.74. The molecule has 0 unspecified atom stereocenters. The molecule has 4 heteroatoms. The molecule has 0 saturated heterocycles. The van der Waals surface area contributed by atoms with Gasteiger partial charge in [-0.25, -0.2) is 0 Å². The van der Waals surface area contributed by atoms with Crippen LogP contribution in [0.5, 0.6) is 0 Å². The summed E-state index contributed by atoms with van der Waals surface area (Å²) >= 11 is 5.74. The Kier molecular flexibility index (Phi) is 10.6. The van der Waals surface area contributed by atoms with Crippen LogP contribution in [0.4, 0.5) is 0 Å². The number of hydrogen-bond donors (Lipinski definition) is 0. The van der Waals surface area contributed by atoms with Crippen LogP contribution in [0, 0.1) is 0 Å². The van der Waals surface area contributed by atoms with E-state index in [9.17, 15) is 0 Å². The van der Waals surface area contributed by atoms with E-state index < -0.39 is 8.56 Å². The molecule has 0 saturated carbocycles. The molecular formula is C14H27ClO2Si. The van der Waals surface area contributed by atoms with Crippen LogP contribution in [0.2, 0.25) is 12.6 Å². The molecule has 0 aliphatic heterocycles. The van der Waals surface area contributed by atoms with Gasteiger partial charge in [0.15, 0.2) is 0 Å². The fourth-order valence-corrected chi connectivity index (χ4v) is 2.95. The highest BCUT2D eigenvalue weighted by molar-refractivity contribution is 6.65. The lowest BCUT2D eigenvalue weighted by molar-refractivity contribution is 0.249. The lowest BCUT2D eigenvalue weighted by Crippen LogP contribution is -2.36. The predicted octanol–water partition coefficient (Wildman–Crippen LogP) is 4.60. The molecule has 0 atom stereocenters. The predicted molar refractivity (Wildman–Crippen MR) is 83.6 cm³/mol. The second-order valence-electron chi connectivity index (χ2n) is 3.99. The molecule has 0 aliphatic carbocycles. The van der Waals surface area contributed by atoms with Gasteiger partial charge < -0.3 is 8.85 Å². The number of hydrogen-bond acceptors (Lipinski definition) is 2. The summed E-state index contributed by atoms with van der Waals surface area (Å²) in [6.45, 7) is 2.08. The molecule has 0 bridgehead atoms. The van der Waals surface area contributed by atoms with Gasteiger partial charge in [0, 0.05) is 20.1 Å². The zero-order valence-electron chi connectivity index (χ0n) is 10.1. The highest BCUT2D eigenvalue weighted by Crippen LogP contribution is 2.16. The van der Waals surface area contributed by atoms with Crippen molar-refractivity contribution in [3.05, 3.63) is 35.4 Å². The molecule has 0 spiro atoms. The van der Waals surface area contributed by atoms with Crippen LogP contribution in [0.15, 0.2) is 24.3 Å². The highest BCUT2D eigenvalue weighted by Gasteiger charge is 2.27. The van der Waals surface area contributed by atoms with E-state index in [0.29, 0.717) is 5.88 Å². The van der Waals surface area contributed by atoms with Gasteiger partial charge in [0.1, 0.15) is 0 Å². The zero-order valence-corrected chi connectivity index (χ0v) is 11.9. The first-order valence-electron chi connectivity index (χ1n) is 5.37. The van der Waals surface area contributed by atoms with Gasteiger partial charge in [-0.15, -0.1) is 11.6 Å². The van der Waals surface area contributed by atoms with E-state index in [1.807, 2.05) is 0 Å². The van der Waals surface area contributed by atoms with E-state index in [1.54, 1.807) is 14.2 Å². The molecule has 1 aromatic carbocycles. The second kappa shape index (κ2) is 9.56. The van der Waals surface area contributed by atoms with Gasteiger partial charge in [0.05, 0.1) is 0 Å². The van der Waals surface area contributed by atoms with Gasteiger partial charge in [-0.05, 0) is 30.1 Å². The van der Waals surface area contributed by atoms with Crippen molar-refractivity contribution in [1.82, 2.24) is 0 Å². The standard InChI is InChI=1S/C12H19ClO2Si.2CH4/c1-14-16(3,15-2)9-8-11-4-6-12(10-13)7-5-11;;/h4-7H,8-10H2,1-3H3;2*1H4. The molecule has 0 radical (unpaired) electrons. The average molecular weight is 291 g/mol. The van der Waals surface area contributed by atoms with Gasteiger partial charge in [0.25, 0.3) is 0 Å². The van der Waals surface area contributed by atoms with E-state index in [1.165, 1.54) is 5.56 Å². The quantitative estimate of drug-likeness (QED) is 0.563. The molecule has 0 N–H and O–H groups in total. The molecule has 0 aliphatic rings. The minimum Gasteiger partial charge on any atom is -0.398 e. The molecule has 0 aromatic heterocycles. The summed E-state index contributed by atoms with van der Waals surface area (Å²) in [5.41, 5.74) is 2.46. The van der Waals surface area contributed by atoms with Crippen molar-refractivity contribution in [2.45, 2.75) is 39.7 Å². The fourth-order valence-electron chi connectivity index (χ4n) is 1.45. The third-order valence-electron chi connectivity index (χ3n) is 2.91. The van der Waals surface area contributed by atoms with Crippen molar-refractivity contribution < 1.29 is 8.85 Å². The van der Waals surface area contributed by atoms with Gasteiger partial charge in [-0.2, -0.15) is 0 Å². The minimum absolute atomic E-state index is 0. The number of rotatable bonds is 6. The molecule has 18 heavy (non-hydrogen) atoms. The largest absolute Gasteiger partial charge is 0.398 e. The van der Waals surface area contributed by atoms with E-state index in [4.69, 9.17) is 20.5 Å². The second-order valence-corrected chi connectivity index (χ2v) is 7.84. The summed E-state index contributed by atoms with van der Waals surface area (Å²) in [5.74, 6) is 0.572. The van der Waals surface area contributed by atoms with Crippen molar-refractivity contribution >= 4 is 20.2 Å². The maximum Gasteiger partial charge on any atom is 0.334 e. The summed E-state index contributed by atoms with van der Waals surface area (Å²) in [5, 5.41) is 0. The maximum atomic E-state index is 5.74. The molecule has 0 heterocycles. The van der Waals surface area contributed by atoms with E-state index in [-0.39, 0.29) is 14.9 Å². The van der Waals surface area contributed by atoms with Crippen LogP contribution in [0.3, 0.4) is 0 Å². The van der Waals surface area contributed by atoms with Gasteiger partial charge in [0.2, 0.25) is 0 Å². The van der Waals surface area contributed by atoms with Gasteiger partial charge in [-0.1, -0.05) is 39.1 Å². The molecule has 0 fully saturated rings. The topological polar surface area (TPSA) is 18.5 Å². The van der Waals surface area contributed by atoms with Crippen LogP contribution in [0.1, 0.15) is 26.0 Å². The van der Waals surface area contributed by atoms with Crippen LogP contribution >= 0.6 is 11.6 Å². The molecule has 2 nitrogen and oxygen atoms in total. The number of alkyl halides is 1. The summed E-state index contributed by atoms with van der Waals surface area (Å²) in [7, 11) is 1.53. The Morgan fingerprint density at radius 2 is 1.44 bits per heavy atom.